The van der Waals surface area contributed by atoms with Crippen LogP contribution >= 0.6 is 31.9 Å². The van der Waals surface area contributed by atoms with Gasteiger partial charge in [0.2, 0.25) is 0 Å². The minimum Gasteiger partial charge on any atom is -0.342 e. The molecule has 1 rings (SSSR count). The molecule has 0 saturated heterocycles. The van der Waals surface area contributed by atoms with Crippen LogP contribution in [0.25, 0.3) is 0 Å². The Morgan fingerprint density at radius 3 is 2.50 bits per heavy atom. The summed E-state index contributed by atoms with van der Waals surface area (Å²) in [5, 5.41) is 0. The number of benzene rings is 1. The van der Waals surface area contributed by atoms with Crippen LogP contribution < -0.4 is 0 Å². The minimum absolute atomic E-state index is 0.0181. The molecule has 112 valence electrons. The largest absolute Gasteiger partial charge is 0.416 e. The van der Waals surface area contributed by atoms with Crippen LogP contribution in [0.1, 0.15) is 29.3 Å². The standard InChI is InChI=1S/C13H14Br2F3NO/c1-8(14)5-6-19(2)12(20)10-7-9(13(16,17)18)3-4-11(10)15/h3-4,7-8H,5-6H2,1-2H3. The molecule has 0 aromatic heterocycles. The Balaban J connectivity index is 2.97. The van der Waals surface area contributed by atoms with E-state index in [-0.39, 0.29) is 10.4 Å². The SMILES string of the molecule is CC(Br)CCN(C)C(=O)c1cc(C(F)(F)F)ccc1Br. The molecule has 0 fully saturated rings. The van der Waals surface area contributed by atoms with Crippen molar-refractivity contribution >= 4 is 37.8 Å². The van der Waals surface area contributed by atoms with Crippen molar-refractivity contribution in [1.82, 2.24) is 4.90 Å². The Morgan fingerprint density at radius 1 is 1.40 bits per heavy atom. The zero-order chi connectivity index (χ0) is 15.5. The zero-order valence-electron chi connectivity index (χ0n) is 11.0. The second-order valence-corrected chi connectivity index (χ2v) is 6.91. The Morgan fingerprint density at radius 2 is 2.00 bits per heavy atom. The topological polar surface area (TPSA) is 20.3 Å². The highest BCUT2D eigenvalue weighted by Gasteiger charge is 2.31. The van der Waals surface area contributed by atoms with Crippen molar-refractivity contribution in [2.24, 2.45) is 0 Å². The second-order valence-electron chi connectivity index (χ2n) is 4.49. The van der Waals surface area contributed by atoms with Gasteiger partial charge >= 0.3 is 6.18 Å². The van der Waals surface area contributed by atoms with Crippen LogP contribution in [0, 0.1) is 0 Å². The molecule has 0 heterocycles. The van der Waals surface area contributed by atoms with Crippen molar-refractivity contribution < 1.29 is 18.0 Å². The van der Waals surface area contributed by atoms with Crippen LogP contribution in [0.4, 0.5) is 13.2 Å². The number of nitrogens with zero attached hydrogens (tertiary/aromatic N) is 1. The van der Waals surface area contributed by atoms with Gasteiger partial charge in [0.25, 0.3) is 5.91 Å². The Bertz CT molecular complexity index is 489. The maximum absolute atomic E-state index is 12.7. The van der Waals surface area contributed by atoms with E-state index in [0.29, 0.717) is 11.0 Å². The Hall–Kier alpha value is -0.560. The highest BCUT2D eigenvalue weighted by atomic mass is 79.9. The number of alkyl halides is 4. The van der Waals surface area contributed by atoms with Crippen molar-refractivity contribution in [3.8, 4) is 0 Å². The molecule has 0 radical (unpaired) electrons. The second kappa shape index (κ2) is 6.93. The molecule has 1 amide bonds. The number of hydrogen-bond donors (Lipinski definition) is 0. The first-order valence-electron chi connectivity index (χ1n) is 5.89. The van der Waals surface area contributed by atoms with Gasteiger partial charge in [0.05, 0.1) is 11.1 Å². The van der Waals surface area contributed by atoms with Gasteiger partial charge in [0.1, 0.15) is 0 Å². The molecule has 1 unspecified atom stereocenters. The first-order valence-corrected chi connectivity index (χ1v) is 7.60. The lowest BCUT2D eigenvalue weighted by Gasteiger charge is -2.19. The molecule has 7 heteroatoms. The van der Waals surface area contributed by atoms with Gasteiger partial charge in [-0.2, -0.15) is 13.2 Å². The van der Waals surface area contributed by atoms with Crippen LogP contribution in [0.15, 0.2) is 22.7 Å². The van der Waals surface area contributed by atoms with Gasteiger partial charge in [-0.05, 0) is 40.5 Å². The number of halogens is 5. The molecule has 1 aromatic carbocycles. The summed E-state index contributed by atoms with van der Waals surface area (Å²) >= 11 is 6.49. The van der Waals surface area contributed by atoms with E-state index in [2.05, 4.69) is 31.9 Å². The molecular weight excluding hydrogens is 403 g/mol. The molecule has 20 heavy (non-hydrogen) atoms. The third-order valence-corrected chi connectivity index (χ3v) is 3.88. The van der Waals surface area contributed by atoms with Gasteiger partial charge in [0.15, 0.2) is 0 Å². The van der Waals surface area contributed by atoms with E-state index in [4.69, 9.17) is 0 Å². The lowest BCUT2D eigenvalue weighted by atomic mass is 10.1. The van der Waals surface area contributed by atoms with E-state index >= 15 is 0 Å². The number of amides is 1. The average Bonchev–Trinajstić information content (AvgIpc) is 2.34. The van der Waals surface area contributed by atoms with Gasteiger partial charge in [-0.15, -0.1) is 0 Å². The fraction of sp³-hybridized carbons (Fsp3) is 0.462. The first kappa shape index (κ1) is 17.5. The van der Waals surface area contributed by atoms with E-state index < -0.39 is 17.6 Å². The van der Waals surface area contributed by atoms with Crippen LogP contribution in [-0.2, 0) is 6.18 Å². The molecule has 1 atom stereocenters. The summed E-state index contributed by atoms with van der Waals surface area (Å²) in [6.07, 6.45) is -3.74. The highest BCUT2D eigenvalue weighted by molar-refractivity contribution is 9.10. The van der Waals surface area contributed by atoms with Crippen molar-refractivity contribution in [1.29, 1.82) is 0 Å². The maximum Gasteiger partial charge on any atom is 0.416 e. The summed E-state index contributed by atoms with van der Waals surface area (Å²) in [4.78, 5) is 13.8. The zero-order valence-corrected chi connectivity index (χ0v) is 14.1. The smallest absolute Gasteiger partial charge is 0.342 e. The lowest BCUT2D eigenvalue weighted by Crippen LogP contribution is -2.29. The van der Waals surface area contributed by atoms with Gasteiger partial charge in [0, 0.05) is 22.9 Å². The van der Waals surface area contributed by atoms with Crippen LogP contribution in [0.3, 0.4) is 0 Å². The summed E-state index contributed by atoms with van der Waals surface area (Å²) < 4.78 is 38.4. The summed E-state index contributed by atoms with van der Waals surface area (Å²) in [6, 6.07) is 3.07. The van der Waals surface area contributed by atoms with Gasteiger partial charge in [-0.1, -0.05) is 22.9 Å². The predicted octanol–water partition coefficient (Wildman–Crippen LogP) is 4.71. The van der Waals surface area contributed by atoms with Crippen LogP contribution in [-0.4, -0.2) is 29.2 Å². The number of carbonyl (C=O) groups is 1. The summed E-state index contributed by atoms with van der Waals surface area (Å²) in [6.45, 7) is 2.41. The van der Waals surface area contributed by atoms with E-state index in [1.165, 1.54) is 11.0 Å². The first-order chi connectivity index (χ1) is 9.12. The number of hydrogen-bond acceptors (Lipinski definition) is 1. The van der Waals surface area contributed by atoms with Gasteiger partial charge < -0.3 is 4.90 Å². The maximum atomic E-state index is 12.7. The van der Waals surface area contributed by atoms with Crippen LogP contribution in [0.5, 0.6) is 0 Å². The predicted molar refractivity (Wildman–Crippen MR) is 79.1 cm³/mol. The molecule has 1 aromatic rings. The molecule has 0 bridgehead atoms. The van der Waals surface area contributed by atoms with E-state index in [1.807, 2.05) is 6.92 Å². The van der Waals surface area contributed by atoms with Crippen molar-refractivity contribution in [3.05, 3.63) is 33.8 Å². The van der Waals surface area contributed by atoms with Crippen LogP contribution in [0.2, 0.25) is 0 Å². The molecule has 0 spiro atoms. The molecule has 0 aliphatic carbocycles. The Kier molecular flexibility index (Phi) is 6.06. The monoisotopic (exact) mass is 415 g/mol. The number of rotatable bonds is 4. The molecule has 2 nitrogen and oxygen atoms in total. The van der Waals surface area contributed by atoms with Gasteiger partial charge in [-0.25, -0.2) is 0 Å². The third-order valence-electron chi connectivity index (χ3n) is 2.73. The van der Waals surface area contributed by atoms with Crippen molar-refractivity contribution in [2.75, 3.05) is 13.6 Å². The summed E-state index contributed by atoms with van der Waals surface area (Å²) in [7, 11) is 1.57. The molecule has 0 aliphatic rings. The fourth-order valence-corrected chi connectivity index (χ4v) is 2.17. The van der Waals surface area contributed by atoms with Gasteiger partial charge in [-0.3, -0.25) is 4.79 Å². The fourth-order valence-electron chi connectivity index (χ4n) is 1.54. The molecular formula is C13H14Br2F3NO. The Labute approximate surface area is 132 Å². The highest BCUT2D eigenvalue weighted by Crippen LogP contribution is 2.32. The van der Waals surface area contributed by atoms with E-state index in [9.17, 15) is 18.0 Å². The summed E-state index contributed by atoms with van der Waals surface area (Å²) in [5.41, 5.74) is -0.809. The van der Waals surface area contributed by atoms with E-state index in [1.54, 1.807) is 7.05 Å². The normalized spacial score (nSPS) is 13.2. The summed E-state index contributed by atoms with van der Waals surface area (Å²) in [5.74, 6) is -0.434. The lowest BCUT2D eigenvalue weighted by molar-refractivity contribution is -0.137. The van der Waals surface area contributed by atoms with Crippen molar-refractivity contribution in [2.45, 2.75) is 24.3 Å². The third kappa shape index (κ3) is 4.77. The van der Waals surface area contributed by atoms with Crippen molar-refractivity contribution in [3.63, 3.8) is 0 Å². The molecule has 0 N–H and O–H groups in total. The van der Waals surface area contributed by atoms with E-state index in [0.717, 1.165) is 18.6 Å². The molecule has 0 saturated carbocycles. The minimum atomic E-state index is -4.46. The molecule has 0 aliphatic heterocycles. The number of carbonyl (C=O) groups excluding carboxylic acids is 1. The quantitative estimate of drug-likeness (QED) is 0.650. The average molecular weight is 417 g/mol.